The molecule has 5 nitrogen and oxygen atoms in total. The van der Waals surface area contributed by atoms with E-state index in [0.29, 0.717) is 5.56 Å². The van der Waals surface area contributed by atoms with Gasteiger partial charge >= 0.3 is 0 Å². The molecule has 1 atom stereocenters. The Morgan fingerprint density at radius 1 is 1.44 bits per heavy atom. The fraction of sp³-hybridized carbons (Fsp3) is 0.400. The van der Waals surface area contributed by atoms with Crippen molar-refractivity contribution >= 4 is 10.1 Å². The van der Waals surface area contributed by atoms with Gasteiger partial charge in [0, 0.05) is 5.56 Å². The average Bonchev–Trinajstić information content (AvgIpc) is 2.15. The van der Waals surface area contributed by atoms with Crippen molar-refractivity contribution in [3.8, 4) is 0 Å². The highest BCUT2D eigenvalue weighted by Crippen LogP contribution is 2.15. The first-order chi connectivity index (χ1) is 7.38. The zero-order chi connectivity index (χ0) is 12.2. The zero-order valence-corrected chi connectivity index (χ0v) is 9.64. The van der Waals surface area contributed by atoms with Crippen LogP contribution in [0.3, 0.4) is 0 Å². The van der Waals surface area contributed by atoms with E-state index in [0.717, 1.165) is 5.56 Å². The number of rotatable bonds is 5. The molecular weight excluding hydrogens is 232 g/mol. The highest BCUT2D eigenvalue weighted by molar-refractivity contribution is 7.85. The SMILES string of the molecule is Cc1cccc(C(O)OCCS(=O)(=O)O)c1. The van der Waals surface area contributed by atoms with Crippen molar-refractivity contribution in [3.05, 3.63) is 35.4 Å². The van der Waals surface area contributed by atoms with Crippen molar-refractivity contribution in [2.45, 2.75) is 13.2 Å². The molecule has 0 fully saturated rings. The van der Waals surface area contributed by atoms with E-state index in [-0.39, 0.29) is 6.61 Å². The summed E-state index contributed by atoms with van der Waals surface area (Å²) in [5.74, 6) is -0.532. The van der Waals surface area contributed by atoms with Gasteiger partial charge in [0.1, 0.15) is 0 Å². The third-order valence-electron chi connectivity index (χ3n) is 1.94. The van der Waals surface area contributed by atoms with Crippen LogP contribution in [-0.4, -0.2) is 30.4 Å². The average molecular weight is 246 g/mol. The maximum absolute atomic E-state index is 10.4. The summed E-state index contributed by atoms with van der Waals surface area (Å²) < 4.78 is 34.1. The molecule has 90 valence electrons. The predicted octanol–water partition coefficient (Wildman–Crippen LogP) is 0.890. The fourth-order valence-corrected chi connectivity index (χ4v) is 1.49. The van der Waals surface area contributed by atoms with Crippen molar-refractivity contribution in [3.63, 3.8) is 0 Å². The molecule has 0 aromatic heterocycles. The molecule has 6 heteroatoms. The second kappa shape index (κ2) is 5.40. The largest absolute Gasteiger partial charge is 0.364 e. The first kappa shape index (κ1) is 13.1. The van der Waals surface area contributed by atoms with Crippen LogP contribution < -0.4 is 0 Å². The summed E-state index contributed by atoms with van der Waals surface area (Å²) in [6, 6.07) is 7.04. The number of aliphatic hydroxyl groups is 1. The quantitative estimate of drug-likeness (QED) is 0.595. The number of aryl methyl sites for hydroxylation is 1. The first-order valence-corrected chi connectivity index (χ1v) is 6.31. The highest BCUT2D eigenvalue weighted by atomic mass is 32.2. The Morgan fingerprint density at radius 3 is 2.69 bits per heavy atom. The molecule has 0 saturated carbocycles. The van der Waals surface area contributed by atoms with Crippen LogP contribution in [0.15, 0.2) is 24.3 Å². The summed E-state index contributed by atoms with van der Waals surface area (Å²) in [4.78, 5) is 0. The molecule has 1 aromatic rings. The second-order valence-electron chi connectivity index (χ2n) is 3.42. The van der Waals surface area contributed by atoms with Gasteiger partial charge in [-0.15, -0.1) is 0 Å². The Kier molecular flexibility index (Phi) is 4.43. The van der Waals surface area contributed by atoms with E-state index in [4.69, 9.17) is 9.29 Å². The van der Waals surface area contributed by atoms with Crippen LogP contribution in [0, 0.1) is 6.92 Å². The molecule has 2 N–H and O–H groups in total. The molecule has 0 saturated heterocycles. The number of aliphatic hydroxyl groups excluding tert-OH is 1. The van der Waals surface area contributed by atoms with Gasteiger partial charge in [0.25, 0.3) is 10.1 Å². The van der Waals surface area contributed by atoms with E-state index >= 15 is 0 Å². The molecule has 0 amide bonds. The minimum Gasteiger partial charge on any atom is -0.364 e. The van der Waals surface area contributed by atoms with Crippen LogP contribution in [0.1, 0.15) is 17.4 Å². The summed E-state index contributed by atoms with van der Waals surface area (Å²) in [6.07, 6.45) is -1.18. The van der Waals surface area contributed by atoms with Crippen LogP contribution in [0.2, 0.25) is 0 Å². The van der Waals surface area contributed by atoms with Gasteiger partial charge in [-0.3, -0.25) is 4.55 Å². The van der Waals surface area contributed by atoms with Gasteiger partial charge in [-0.1, -0.05) is 29.8 Å². The summed E-state index contributed by atoms with van der Waals surface area (Å²) >= 11 is 0. The van der Waals surface area contributed by atoms with Crippen LogP contribution in [0.4, 0.5) is 0 Å². The molecule has 16 heavy (non-hydrogen) atoms. The van der Waals surface area contributed by atoms with Gasteiger partial charge in [0.15, 0.2) is 6.29 Å². The van der Waals surface area contributed by atoms with Gasteiger partial charge in [-0.05, 0) is 6.92 Å². The van der Waals surface area contributed by atoms with Gasteiger partial charge in [-0.25, -0.2) is 0 Å². The molecule has 1 unspecified atom stereocenters. The minimum absolute atomic E-state index is 0.256. The lowest BCUT2D eigenvalue weighted by Crippen LogP contribution is -2.13. The van der Waals surface area contributed by atoms with Crippen LogP contribution in [0.5, 0.6) is 0 Å². The van der Waals surface area contributed by atoms with Crippen LogP contribution in [-0.2, 0) is 14.9 Å². The van der Waals surface area contributed by atoms with E-state index in [1.54, 1.807) is 18.2 Å². The first-order valence-electron chi connectivity index (χ1n) is 4.70. The number of benzene rings is 1. The van der Waals surface area contributed by atoms with Crippen LogP contribution >= 0.6 is 0 Å². The molecule has 0 aliphatic rings. The predicted molar refractivity (Wildman–Crippen MR) is 58.5 cm³/mol. The molecular formula is C10H14O5S. The van der Waals surface area contributed by atoms with Gasteiger partial charge in [0.05, 0.1) is 12.4 Å². The lowest BCUT2D eigenvalue weighted by Gasteiger charge is -2.12. The number of hydrogen-bond donors (Lipinski definition) is 2. The maximum atomic E-state index is 10.4. The molecule has 0 radical (unpaired) electrons. The molecule has 1 aromatic carbocycles. The Morgan fingerprint density at radius 2 is 2.12 bits per heavy atom. The lowest BCUT2D eigenvalue weighted by atomic mass is 10.1. The van der Waals surface area contributed by atoms with Gasteiger partial charge < -0.3 is 9.84 Å². The smallest absolute Gasteiger partial charge is 0.267 e. The molecule has 0 aliphatic carbocycles. The molecule has 0 aliphatic heterocycles. The number of hydrogen-bond acceptors (Lipinski definition) is 4. The Balaban J connectivity index is 2.50. The van der Waals surface area contributed by atoms with Crippen LogP contribution in [0.25, 0.3) is 0 Å². The van der Waals surface area contributed by atoms with Crippen molar-refractivity contribution in [2.75, 3.05) is 12.4 Å². The topological polar surface area (TPSA) is 83.8 Å². The monoisotopic (exact) mass is 246 g/mol. The van der Waals surface area contributed by atoms with E-state index in [1.165, 1.54) is 0 Å². The summed E-state index contributed by atoms with van der Waals surface area (Å²) in [6.45, 7) is 1.61. The van der Waals surface area contributed by atoms with Crippen molar-refractivity contribution < 1.29 is 22.8 Å². The van der Waals surface area contributed by atoms with Crippen molar-refractivity contribution in [2.24, 2.45) is 0 Å². The van der Waals surface area contributed by atoms with E-state index in [2.05, 4.69) is 0 Å². The highest BCUT2D eigenvalue weighted by Gasteiger charge is 2.10. The molecule has 1 rings (SSSR count). The minimum atomic E-state index is -4.05. The van der Waals surface area contributed by atoms with Gasteiger partial charge in [0.2, 0.25) is 0 Å². The summed E-state index contributed by atoms with van der Waals surface area (Å²) in [5, 5.41) is 9.54. The Hall–Kier alpha value is -0.950. The maximum Gasteiger partial charge on any atom is 0.267 e. The lowest BCUT2D eigenvalue weighted by molar-refractivity contribution is -0.0974. The van der Waals surface area contributed by atoms with E-state index in [9.17, 15) is 13.5 Å². The van der Waals surface area contributed by atoms with Crippen molar-refractivity contribution in [1.29, 1.82) is 0 Å². The van der Waals surface area contributed by atoms with Crippen molar-refractivity contribution in [1.82, 2.24) is 0 Å². The molecule has 0 bridgehead atoms. The normalized spacial score (nSPS) is 13.7. The third kappa shape index (κ3) is 4.71. The third-order valence-corrected chi connectivity index (χ3v) is 2.63. The fourth-order valence-electron chi connectivity index (χ4n) is 1.19. The summed E-state index contributed by atoms with van der Waals surface area (Å²) in [5.41, 5.74) is 1.52. The standard InChI is InChI=1S/C10H14O5S/c1-8-3-2-4-9(7-8)10(11)15-5-6-16(12,13)14/h2-4,7,10-11H,5-6H2,1H3,(H,12,13,14). The molecule has 0 heterocycles. The Labute approximate surface area is 94.4 Å². The Bertz CT molecular complexity index is 440. The number of ether oxygens (including phenoxy) is 1. The van der Waals surface area contributed by atoms with Gasteiger partial charge in [-0.2, -0.15) is 8.42 Å². The molecule has 0 spiro atoms. The summed E-state index contributed by atoms with van der Waals surface area (Å²) in [7, 11) is -4.05. The second-order valence-corrected chi connectivity index (χ2v) is 5.00. The van der Waals surface area contributed by atoms with E-state index < -0.39 is 22.2 Å². The zero-order valence-electron chi connectivity index (χ0n) is 8.83. The van der Waals surface area contributed by atoms with E-state index in [1.807, 2.05) is 13.0 Å².